The maximum atomic E-state index is 11.5. The van der Waals surface area contributed by atoms with Gasteiger partial charge in [0, 0.05) is 12.0 Å². The van der Waals surface area contributed by atoms with Crippen molar-refractivity contribution in [3.63, 3.8) is 0 Å². The number of hydrogen-bond acceptors (Lipinski definition) is 2. The third kappa shape index (κ3) is 1.31. The summed E-state index contributed by atoms with van der Waals surface area (Å²) in [7, 11) is 1.68. The highest BCUT2D eigenvalue weighted by Crippen LogP contribution is 2.29. The summed E-state index contributed by atoms with van der Waals surface area (Å²) in [6.45, 7) is 2.07. The van der Waals surface area contributed by atoms with Gasteiger partial charge in [-0.1, -0.05) is 6.92 Å². The highest BCUT2D eigenvalue weighted by molar-refractivity contribution is 6.00. The number of aryl methyl sites for hydroxylation is 2. The van der Waals surface area contributed by atoms with Gasteiger partial charge in [-0.3, -0.25) is 4.79 Å². The van der Waals surface area contributed by atoms with Crippen LogP contribution >= 0.6 is 0 Å². The molecule has 2 nitrogen and oxygen atoms in total. The normalized spacial score (nSPS) is 14.3. The molecule has 0 saturated heterocycles. The summed E-state index contributed by atoms with van der Waals surface area (Å²) >= 11 is 0. The fourth-order valence-electron chi connectivity index (χ4n) is 1.98. The lowest BCUT2D eigenvalue weighted by molar-refractivity contribution is 0.0994. The minimum Gasteiger partial charge on any atom is -0.496 e. The molecule has 0 aromatic heterocycles. The lowest BCUT2D eigenvalue weighted by Crippen LogP contribution is -1.96. The summed E-state index contributed by atoms with van der Waals surface area (Å²) in [5, 5.41) is 0. The molecule has 1 aromatic rings. The number of carbonyl (C=O) groups excluding carboxylic acids is 1. The van der Waals surface area contributed by atoms with Gasteiger partial charge in [0.25, 0.3) is 0 Å². The first-order valence-corrected chi connectivity index (χ1v) is 4.99. The minimum atomic E-state index is 0.275. The quantitative estimate of drug-likeness (QED) is 0.715. The van der Waals surface area contributed by atoms with Gasteiger partial charge in [-0.2, -0.15) is 0 Å². The van der Waals surface area contributed by atoms with Crippen molar-refractivity contribution in [1.82, 2.24) is 0 Å². The number of ether oxygens (including phenoxy) is 1. The van der Waals surface area contributed by atoms with Crippen LogP contribution < -0.4 is 4.74 Å². The van der Waals surface area contributed by atoms with Crippen LogP contribution in [0.5, 0.6) is 5.75 Å². The Morgan fingerprint density at radius 3 is 2.79 bits per heavy atom. The highest BCUT2D eigenvalue weighted by atomic mass is 16.5. The number of hydrogen-bond donors (Lipinski definition) is 0. The third-order valence-corrected chi connectivity index (χ3v) is 2.81. The van der Waals surface area contributed by atoms with Gasteiger partial charge >= 0.3 is 0 Å². The van der Waals surface area contributed by atoms with Crippen molar-refractivity contribution in [2.45, 2.75) is 26.2 Å². The van der Waals surface area contributed by atoms with E-state index in [-0.39, 0.29) is 5.78 Å². The standard InChI is InChI=1S/C12H14O2/c1-3-8-6-10-9(4-5-11(10)13)7-12(8)14-2/h6-7H,3-5H2,1-2H3. The van der Waals surface area contributed by atoms with Gasteiger partial charge in [0.05, 0.1) is 7.11 Å². The van der Waals surface area contributed by atoms with E-state index in [0.717, 1.165) is 35.3 Å². The van der Waals surface area contributed by atoms with Crippen molar-refractivity contribution in [1.29, 1.82) is 0 Å². The topological polar surface area (TPSA) is 26.3 Å². The molecule has 0 saturated carbocycles. The molecular formula is C12H14O2. The van der Waals surface area contributed by atoms with Crippen molar-refractivity contribution in [2.24, 2.45) is 0 Å². The molecule has 0 N–H and O–H groups in total. The van der Waals surface area contributed by atoms with Gasteiger partial charge in [-0.05, 0) is 36.1 Å². The van der Waals surface area contributed by atoms with Crippen LogP contribution in [0, 0.1) is 0 Å². The van der Waals surface area contributed by atoms with Crippen LogP contribution in [0.4, 0.5) is 0 Å². The molecule has 0 atom stereocenters. The fourth-order valence-corrected chi connectivity index (χ4v) is 1.98. The van der Waals surface area contributed by atoms with E-state index >= 15 is 0 Å². The highest BCUT2D eigenvalue weighted by Gasteiger charge is 2.21. The first kappa shape index (κ1) is 9.25. The van der Waals surface area contributed by atoms with E-state index in [2.05, 4.69) is 6.92 Å². The maximum Gasteiger partial charge on any atom is 0.163 e. The number of methoxy groups -OCH3 is 1. The molecule has 14 heavy (non-hydrogen) atoms. The van der Waals surface area contributed by atoms with Gasteiger partial charge in [-0.15, -0.1) is 0 Å². The van der Waals surface area contributed by atoms with E-state index in [1.54, 1.807) is 7.11 Å². The average molecular weight is 190 g/mol. The molecule has 1 aliphatic carbocycles. The van der Waals surface area contributed by atoms with Crippen LogP contribution in [0.15, 0.2) is 12.1 Å². The van der Waals surface area contributed by atoms with Crippen LogP contribution in [-0.4, -0.2) is 12.9 Å². The predicted molar refractivity (Wildman–Crippen MR) is 55.0 cm³/mol. The van der Waals surface area contributed by atoms with Crippen molar-refractivity contribution >= 4 is 5.78 Å². The predicted octanol–water partition coefficient (Wildman–Crippen LogP) is 2.39. The van der Waals surface area contributed by atoms with Gasteiger partial charge < -0.3 is 4.74 Å². The second-order valence-electron chi connectivity index (χ2n) is 3.60. The number of Topliss-reactive ketones (excluding diaryl/α,β-unsaturated/α-hetero) is 1. The Kier molecular flexibility index (Phi) is 2.28. The Hall–Kier alpha value is -1.31. The molecule has 1 aliphatic rings. The number of ketones is 1. The molecule has 0 fully saturated rings. The molecular weight excluding hydrogens is 176 g/mol. The molecule has 74 valence electrons. The number of fused-ring (bicyclic) bond motifs is 1. The first-order valence-electron chi connectivity index (χ1n) is 4.99. The SMILES string of the molecule is CCc1cc2c(cc1OC)CCC2=O. The molecule has 0 bridgehead atoms. The van der Waals surface area contributed by atoms with Crippen LogP contribution in [0.3, 0.4) is 0 Å². The summed E-state index contributed by atoms with van der Waals surface area (Å²) < 4.78 is 5.29. The Morgan fingerprint density at radius 1 is 1.36 bits per heavy atom. The Bertz CT molecular complexity index is 380. The van der Waals surface area contributed by atoms with Crippen molar-refractivity contribution < 1.29 is 9.53 Å². The van der Waals surface area contributed by atoms with Crippen LogP contribution in [0.25, 0.3) is 0 Å². The third-order valence-electron chi connectivity index (χ3n) is 2.81. The maximum absolute atomic E-state index is 11.5. The lowest BCUT2D eigenvalue weighted by Gasteiger charge is -2.08. The summed E-state index contributed by atoms with van der Waals surface area (Å²) in [5.41, 5.74) is 3.17. The molecule has 0 aliphatic heterocycles. The van der Waals surface area contributed by atoms with Crippen molar-refractivity contribution in [3.8, 4) is 5.75 Å². The van der Waals surface area contributed by atoms with Crippen LogP contribution in [-0.2, 0) is 12.8 Å². The minimum absolute atomic E-state index is 0.275. The zero-order valence-corrected chi connectivity index (χ0v) is 8.59. The van der Waals surface area contributed by atoms with E-state index in [1.165, 1.54) is 0 Å². The van der Waals surface area contributed by atoms with E-state index in [9.17, 15) is 4.79 Å². The summed E-state index contributed by atoms with van der Waals surface area (Å²) in [5.74, 6) is 1.19. The molecule has 0 heterocycles. The summed E-state index contributed by atoms with van der Waals surface area (Å²) in [6, 6.07) is 4.00. The molecule has 0 amide bonds. The van der Waals surface area contributed by atoms with E-state index in [4.69, 9.17) is 4.74 Å². The number of benzene rings is 1. The first-order chi connectivity index (χ1) is 6.76. The molecule has 2 heteroatoms. The van der Waals surface area contributed by atoms with E-state index in [1.807, 2.05) is 12.1 Å². The van der Waals surface area contributed by atoms with Gasteiger partial charge in [0.1, 0.15) is 5.75 Å². The van der Waals surface area contributed by atoms with E-state index < -0.39 is 0 Å². The number of carbonyl (C=O) groups is 1. The smallest absolute Gasteiger partial charge is 0.163 e. The van der Waals surface area contributed by atoms with Crippen molar-refractivity contribution in [3.05, 3.63) is 28.8 Å². The van der Waals surface area contributed by atoms with Gasteiger partial charge in [0.15, 0.2) is 5.78 Å². The zero-order chi connectivity index (χ0) is 10.1. The fraction of sp³-hybridized carbons (Fsp3) is 0.417. The molecule has 1 aromatic carbocycles. The summed E-state index contributed by atoms with van der Waals surface area (Å²) in [6.07, 6.45) is 2.43. The van der Waals surface area contributed by atoms with E-state index in [0.29, 0.717) is 6.42 Å². The van der Waals surface area contributed by atoms with Crippen molar-refractivity contribution in [2.75, 3.05) is 7.11 Å². The van der Waals surface area contributed by atoms with Crippen LogP contribution in [0.1, 0.15) is 34.8 Å². The monoisotopic (exact) mass is 190 g/mol. The van der Waals surface area contributed by atoms with Crippen LogP contribution in [0.2, 0.25) is 0 Å². The second-order valence-corrected chi connectivity index (χ2v) is 3.60. The zero-order valence-electron chi connectivity index (χ0n) is 8.59. The lowest BCUT2D eigenvalue weighted by atomic mass is 10.0. The molecule has 0 radical (unpaired) electrons. The Morgan fingerprint density at radius 2 is 2.14 bits per heavy atom. The number of rotatable bonds is 2. The molecule has 0 spiro atoms. The van der Waals surface area contributed by atoms with Gasteiger partial charge in [-0.25, -0.2) is 0 Å². The summed E-state index contributed by atoms with van der Waals surface area (Å²) in [4.78, 5) is 11.5. The molecule has 2 rings (SSSR count). The molecule has 0 unspecified atom stereocenters. The Balaban J connectivity index is 2.54. The Labute approximate surface area is 83.9 Å². The average Bonchev–Trinajstić information content (AvgIpc) is 2.58. The second kappa shape index (κ2) is 3.45. The van der Waals surface area contributed by atoms with Gasteiger partial charge in [0.2, 0.25) is 0 Å². The largest absolute Gasteiger partial charge is 0.496 e.